The van der Waals surface area contributed by atoms with Gasteiger partial charge in [0.2, 0.25) is 11.3 Å². The Hall–Kier alpha value is -3.55. The molecule has 204 valence electrons. The Balaban J connectivity index is 1.06. The molecule has 0 radical (unpaired) electrons. The van der Waals surface area contributed by atoms with Crippen molar-refractivity contribution in [3.05, 3.63) is 51.7 Å². The molecule has 3 N–H and O–H groups in total. The van der Waals surface area contributed by atoms with E-state index in [2.05, 4.69) is 25.5 Å². The monoisotopic (exact) mass is 553 g/mol. The van der Waals surface area contributed by atoms with Gasteiger partial charge in [0, 0.05) is 58.1 Å². The normalized spacial score (nSPS) is 17.8. The zero-order chi connectivity index (χ0) is 27.1. The summed E-state index contributed by atoms with van der Waals surface area (Å²) in [5.41, 5.74) is 0.126. The molecule has 1 saturated carbocycles. The number of carboxylic acid groups (broad SMARTS) is 1. The van der Waals surface area contributed by atoms with Crippen molar-refractivity contribution in [3.8, 4) is 0 Å². The Bertz CT molecular complexity index is 1520. The summed E-state index contributed by atoms with van der Waals surface area (Å²) < 4.78 is 16.9. The minimum atomic E-state index is -1.32. The average Bonchev–Trinajstić information content (AvgIpc) is 3.77. The number of carboxylic acids is 1. The standard InChI is InChI=1S/C26H28FN7O4S/c27-19-11-17-22(36)18(26(37)38)13-34(16-2-3-16)24(17)31-25(19)33-9-7-32(8-10-33)6-5-28-12-15-1-4-20-23(29-15)30-21(35)14-39-20/h1,4,11,13,16,28H,2-3,5-10,12,14H2,(H,37,38)(H,29,30,35). The predicted molar refractivity (Wildman–Crippen MR) is 145 cm³/mol. The van der Waals surface area contributed by atoms with Gasteiger partial charge in [0.1, 0.15) is 17.0 Å². The van der Waals surface area contributed by atoms with Gasteiger partial charge in [0.05, 0.1) is 21.7 Å². The first-order valence-electron chi connectivity index (χ1n) is 13.0. The van der Waals surface area contributed by atoms with Crippen LogP contribution in [0.3, 0.4) is 0 Å². The number of halogens is 1. The number of thioether (sulfide) groups is 1. The van der Waals surface area contributed by atoms with Gasteiger partial charge in [-0.1, -0.05) is 0 Å². The van der Waals surface area contributed by atoms with Crippen LogP contribution in [-0.2, 0) is 11.3 Å². The first-order chi connectivity index (χ1) is 18.9. The molecule has 3 aromatic heterocycles. The third kappa shape index (κ3) is 5.34. The molecule has 0 unspecified atom stereocenters. The van der Waals surface area contributed by atoms with Gasteiger partial charge in [-0.15, -0.1) is 11.8 Å². The number of aromatic nitrogens is 3. The third-order valence-electron chi connectivity index (χ3n) is 7.23. The molecule has 0 atom stereocenters. The molecule has 3 aliphatic rings. The Labute approximate surface area is 227 Å². The fourth-order valence-electron chi connectivity index (χ4n) is 4.98. The number of amides is 1. The van der Waals surface area contributed by atoms with E-state index in [0.29, 0.717) is 36.9 Å². The highest BCUT2D eigenvalue weighted by molar-refractivity contribution is 8.00. The van der Waals surface area contributed by atoms with E-state index >= 15 is 4.39 Å². The van der Waals surface area contributed by atoms with Crippen molar-refractivity contribution in [2.24, 2.45) is 0 Å². The van der Waals surface area contributed by atoms with E-state index in [4.69, 9.17) is 0 Å². The van der Waals surface area contributed by atoms with Gasteiger partial charge in [-0.2, -0.15) is 0 Å². The fourth-order valence-corrected chi connectivity index (χ4v) is 5.74. The maximum absolute atomic E-state index is 15.1. The lowest BCUT2D eigenvalue weighted by molar-refractivity contribution is -0.113. The molecule has 13 heteroatoms. The number of fused-ring (bicyclic) bond motifs is 2. The molecule has 0 aromatic carbocycles. The Morgan fingerprint density at radius 3 is 2.72 bits per heavy atom. The van der Waals surface area contributed by atoms with E-state index in [0.717, 1.165) is 55.7 Å². The first-order valence-corrected chi connectivity index (χ1v) is 13.9. The number of anilines is 2. The van der Waals surface area contributed by atoms with Crippen molar-refractivity contribution in [1.82, 2.24) is 24.8 Å². The first kappa shape index (κ1) is 25.7. The van der Waals surface area contributed by atoms with E-state index in [1.54, 1.807) is 4.57 Å². The van der Waals surface area contributed by atoms with Gasteiger partial charge in [-0.3, -0.25) is 14.5 Å². The predicted octanol–water partition coefficient (Wildman–Crippen LogP) is 1.92. The van der Waals surface area contributed by atoms with Crippen LogP contribution in [0.5, 0.6) is 0 Å². The summed E-state index contributed by atoms with van der Waals surface area (Å²) in [6, 6.07) is 5.17. The van der Waals surface area contributed by atoms with Gasteiger partial charge >= 0.3 is 5.97 Å². The summed E-state index contributed by atoms with van der Waals surface area (Å²) in [5.74, 6) is -0.742. The zero-order valence-electron chi connectivity index (χ0n) is 21.2. The van der Waals surface area contributed by atoms with Crippen LogP contribution in [0, 0.1) is 5.82 Å². The number of hydrogen-bond donors (Lipinski definition) is 3. The SMILES string of the molecule is O=C1CSc2ccc(CNCCN3CCN(c4nc5c(cc4F)c(=O)c(C(=O)O)cn5C4CC4)CC3)nc2N1. The number of pyridine rings is 3. The molecule has 5 heterocycles. The highest BCUT2D eigenvalue weighted by Crippen LogP contribution is 2.37. The Kier molecular flexibility index (Phi) is 6.95. The summed E-state index contributed by atoms with van der Waals surface area (Å²) in [6.07, 6.45) is 3.09. The average molecular weight is 554 g/mol. The lowest BCUT2D eigenvalue weighted by Gasteiger charge is -2.35. The quantitative estimate of drug-likeness (QED) is 0.356. The minimum Gasteiger partial charge on any atom is -0.477 e. The molecule has 0 bridgehead atoms. The highest BCUT2D eigenvalue weighted by Gasteiger charge is 2.29. The number of hydrogen-bond acceptors (Lipinski definition) is 9. The molecular formula is C26H28FN7O4S. The second kappa shape index (κ2) is 10.5. The van der Waals surface area contributed by atoms with Crippen molar-refractivity contribution < 1.29 is 19.1 Å². The maximum Gasteiger partial charge on any atom is 0.341 e. The maximum atomic E-state index is 15.1. The summed E-state index contributed by atoms with van der Waals surface area (Å²) in [6.45, 7) is 4.79. The zero-order valence-corrected chi connectivity index (χ0v) is 22.0. The van der Waals surface area contributed by atoms with Crippen LogP contribution in [0.1, 0.15) is 34.9 Å². The van der Waals surface area contributed by atoms with Crippen molar-refractivity contribution in [3.63, 3.8) is 0 Å². The van der Waals surface area contributed by atoms with Crippen LogP contribution in [0.2, 0.25) is 0 Å². The topological polar surface area (TPSA) is 133 Å². The van der Waals surface area contributed by atoms with E-state index in [1.807, 2.05) is 17.0 Å². The number of rotatable bonds is 8. The molecule has 2 aliphatic heterocycles. The highest BCUT2D eigenvalue weighted by atomic mass is 32.2. The Morgan fingerprint density at radius 2 is 1.97 bits per heavy atom. The second-order valence-corrected chi connectivity index (χ2v) is 11.0. The molecular weight excluding hydrogens is 525 g/mol. The van der Waals surface area contributed by atoms with Crippen LogP contribution in [0.4, 0.5) is 16.0 Å². The van der Waals surface area contributed by atoms with Crippen LogP contribution in [-0.4, -0.2) is 81.4 Å². The Morgan fingerprint density at radius 1 is 1.18 bits per heavy atom. The number of aromatic carboxylic acids is 1. The molecule has 11 nitrogen and oxygen atoms in total. The molecule has 2 fully saturated rings. The van der Waals surface area contributed by atoms with E-state index in [-0.39, 0.29) is 28.7 Å². The largest absolute Gasteiger partial charge is 0.477 e. The van der Waals surface area contributed by atoms with Crippen LogP contribution in [0.25, 0.3) is 11.0 Å². The van der Waals surface area contributed by atoms with Crippen LogP contribution in [0.15, 0.2) is 34.1 Å². The van der Waals surface area contributed by atoms with E-state index in [9.17, 15) is 19.5 Å². The molecule has 3 aromatic rings. The van der Waals surface area contributed by atoms with Crippen molar-refractivity contribution >= 4 is 46.3 Å². The second-order valence-electron chi connectivity index (χ2n) is 9.97. The third-order valence-corrected chi connectivity index (χ3v) is 8.27. The fraction of sp³-hybridized carbons (Fsp3) is 0.423. The van der Waals surface area contributed by atoms with Crippen molar-refractivity contribution in [2.75, 3.05) is 55.2 Å². The summed E-state index contributed by atoms with van der Waals surface area (Å²) >= 11 is 1.49. The smallest absolute Gasteiger partial charge is 0.341 e. The number of nitrogens with one attached hydrogen (secondary N) is 2. The van der Waals surface area contributed by atoms with Crippen LogP contribution < -0.4 is 21.0 Å². The molecule has 0 spiro atoms. The molecule has 1 aliphatic carbocycles. The van der Waals surface area contributed by atoms with Crippen molar-refractivity contribution in [1.29, 1.82) is 0 Å². The van der Waals surface area contributed by atoms with Gasteiger partial charge < -0.3 is 25.2 Å². The molecule has 6 rings (SSSR count). The lowest BCUT2D eigenvalue weighted by Crippen LogP contribution is -2.48. The van der Waals surface area contributed by atoms with Crippen LogP contribution >= 0.6 is 11.8 Å². The lowest BCUT2D eigenvalue weighted by atomic mass is 10.1. The summed E-state index contributed by atoms with van der Waals surface area (Å²) in [4.78, 5) is 50.1. The molecule has 39 heavy (non-hydrogen) atoms. The number of nitrogens with zero attached hydrogens (tertiary/aromatic N) is 5. The van der Waals surface area contributed by atoms with Gasteiger partial charge in [0.25, 0.3) is 0 Å². The molecule has 1 saturated heterocycles. The minimum absolute atomic E-state index is 0.00214. The molecule has 1 amide bonds. The van der Waals surface area contributed by atoms with Gasteiger partial charge in [0.15, 0.2) is 11.6 Å². The number of carbonyl (C=O) groups excluding carboxylic acids is 1. The summed E-state index contributed by atoms with van der Waals surface area (Å²) in [5, 5.41) is 15.6. The van der Waals surface area contributed by atoms with Gasteiger partial charge in [-0.25, -0.2) is 19.2 Å². The van der Waals surface area contributed by atoms with Crippen molar-refractivity contribution in [2.45, 2.75) is 30.3 Å². The number of carbonyl (C=O) groups is 2. The summed E-state index contributed by atoms with van der Waals surface area (Å²) in [7, 11) is 0. The van der Waals surface area contributed by atoms with Gasteiger partial charge in [-0.05, 0) is 31.0 Å². The van der Waals surface area contributed by atoms with E-state index in [1.165, 1.54) is 18.0 Å². The number of piperazine rings is 1. The van der Waals surface area contributed by atoms with E-state index < -0.39 is 17.2 Å².